The molecule has 2 aromatic heterocycles. The lowest BCUT2D eigenvalue weighted by molar-refractivity contribution is 0.200. The number of ether oxygens (including phenoxy) is 1. The fourth-order valence-corrected chi connectivity index (χ4v) is 3.67. The van der Waals surface area contributed by atoms with Gasteiger partial charge in [-0.1, -0.05) is 11.6 Å². The highest BCUT2D eigenvalue weighted by atomic mass is 35.5. The van der Waals surface area contributed by atoms with Gasteiger partial charge in [0.15, 0.2) is 5.65 Å². The third kappa shape index (κ3) is 2.97. The van der Waals surface area contributed by atoms with Crippen LogP contribution in [0.5, 0.6) is 11.6 Å². The summed E-state index contributed by atoms with van der Waals surface area (Å²) in [4.78, 5) is 15.8. The van der Waals surface area contributed by atoms with Gasteiger partial charge in [0.2, 0.25) is 11.5 Å². The number of fused-ring (bicyclic) bond motifs is 1. The number of likely N-dealkylation sites (N-methyl/N-ethyl adjacent to an activating group) is 1. The normalized spacial score (nSPS) is 17.9. The molecule has 0 saturated carbocycles. The van der Waals surface area contributed by atoms with E-state index in [0.717, 1.165) is 25.1 Å². The number of phenols is 1. The summed E-state index contributed by atoms with van der Waals surface area (Å²) in [6.45, 7) is 3.78. The Kier molecular flexibility index (Phi) is 4.20. The molecule has 0 aliphatic carbocycles. The van der Waals surface area contributed by atoms with Gasteiger partial charge in [-0.05, 0) is 38.1 Å². The first-order valence-corrected chi connectivity index (χ1v) is 8.84. The molecule has 0 amide bonds. The quantitative estimate of drug-likeness (QED) is 0.760. The van der Waals surface area contributed by atoms with Crippen molar-refractivity contribution in [3.63, 3.8) is 0 Å². The van der Waals surface area contributed by atoms with E-state index in [-0.39, 0.29) is 11.9 Å². The van der Waals surface area contributed by atoms with Gasteiger partial charge < -0.3 is 19.3 Å². The van der Waals surface area contributed by atoms with Crippen LogP contribution in [0.15, 0.2) is 18.3 Å². The van der Waals surface area contributed by atoms with E-state index in [0.29, 0.717) is 33.6 Å². The van der Waals surface area contributed by atoms with Crippen molar-refractivity contribution in [3.8, 4) is 23.0 Å². The number of halogens is 1. The zero-order chi connectivity index (χ0) is 18.4. The molecular formula is C18H20ClN5O2. The Balaban J connectivity index is 1.73. The van der Waals surface area contributed by atoms with Crippen molar-refractivity contribution in [1.29, 1.82) is 0 Å². The molecule has 3 aromatic rings. The van der Waals surface area contributed by atoms with E-state index in [1.807, 2.05) is 18.5 Å². The van der Waals surface area contributed by atoms with Crippen LogP contribution in [-0.2, 0) is 7.05 Å². The smallest absolute Gasteiger partial charge is 0.234 e. The zero-order valence-electron chi connectivity index (χ0n) is 14.9. The van der Waals surface area contributed by atoms with Gasteiger partial charge in [-0.2, -0.15) is 4.98 Å². The molecule has 0 spiro atoms. The number of likely N-dealkylation sites (tertiary alicyclic amines) is 1. The first kappa shape index (κ1) is 17.1. The van der Waals surface area contributed by atoms with Crippen molar-refractivity contribution >= 4 is 22.9 Å². The number of aryl methyl sites for hydroxylation is 2. The molecule has 136 valence electrons. The zero-order valence-corrected chi connectivity index (χ0v) is 15.7. The predicted molar refractivity (Wildman–Crippen MR) is 99.7 cm³/mol. The fourth-order valence-electron chi connectivity index (χ4n) is 3.40. The number of rotatable bonds is 3. The lowest BCUT2D eigenvalue weighted by Gasteiger charge is -2.12. The summed E-state index contributed by atoms with van der Waals surface area (Å²) in [7, 11) is 3.92. The monoisotopic (exact) mass is 373 g/mol. The van der Waals surface area contributed by atoms with Crippen molar-refractivity contribution < 1.29 is 9.84 Å². The van der Waals surface area contributed by atoms with E-state index in [4.69, 9.17) is 16.3 Å². The summed E-state index contributed by atoms with van der Waals surface area (Å²) >= 11 is 6.01. The number of aromatic hydroxyl groups is 1. The van der Waals surface area contributed by atoms with Crippen LogP contribution in [0.1, 0.15) is 12.0 Å². The van der Waals surface area contributed by atoms with Crippen LogP contribution in [0.4, 0.5) is 0 Å². The second-order valence-electron chi connectivity index (χ2n) is 6.76. The molecule has 8 heteroatoms. The number of benzene rings is 1. The average Bonchev–Trinajstić information content (AvgIpc) is 3.10. The van der Waals surface area contributed by atoms with Crippen LogP contribution in [0.3, 0.4) is 0 Å². The maximum Gasteiger partial charge on any atom is 0.234 e. The summed E-state index contributed by atoms with van der Waals surface area (Å²) in [5.74, 6) is 1.14. The molecule has 1 atom stereocenters. The third-order valence-electron chi connectivity index (χ3n) is 4.70. The van der Waals surface area contributed by atoms with Crippen LogP contribution < -0.4 is 4.74 Å². The second kappa shape index (κ2) is 6.41. The van der Waals surface area contributed by atoms with Gasteiger partial charge >= 0.3 is 0 Å². The Morgan fingerprint density at radius 1 is 1.27 bits per heavy atom. The molecule has 1 saturated heterocycles. The Morgan fingerprint density at radius 3 is 2.77 bits per heavy atom. The molecule has 4 rings (SSSR count). The van der Waals surface area contributed by atoms with Crippen molar-refractivity contribution in [2.45, 2.75) is 19.4 Å². The summed E-state index contributed by atoms with van der Waals surface area (Å²) in [5, 5.41) is 10.8. The average molecular weight is 374 g/mol. The molecule has 1 N–H and O–H groups in total. The number of nitrogens with zero attached hydrogens (tertiary/aromatic N) is 5. The Hall–Kier alpha value is -2.38. The standard InChI is InChI=1S/C18H20ClN5O2/c1-10-6-11(19)7-13(25)15(10)17-22-16-18(24(17)3)20-8-14(21-16)26-12-4-5-23(2)9-12/h6-8,12,25H,4-5,9H2,1-3H3/t12-/m1/s1. The largest absolute Gasteiger partial charge is 0.507 e. The van der Waals surface area contributed by atoms with E-state index >= 15 is 0 Å². The van der Waals surface area contributed by atoms with E-state index < -0.39 is 0 Å². The van der Waals surface area contributed by atoms with Gasteiger partial charge in [0.25, 0.3) is 0 Å². The SMILES string of the molecule is Cc1cc(Cl)cc(O)c1-c1nc2nc(O[C@@H]3CCN(C)C3)cnc2n1C. The predicted octanol–water partition coefficient (Wildman–Crippen LogP) is 2.78. The molecule has 1 fully saturated rings. The van der Waals surface area contributed by atoms with Gasteiger partial charge in [0.1, 0.15) is 17.7 Å². The number of phenolic OH excluding ortho intramolecular Hbond substituents is 1. The first-order chi connectivity index (χ1) is 12.4. The molecule has 1 aromatic carbocycles. The second-order valence-corrected chi connectivity index (χ2v) is 7.19. The van der Waals surface area contributed by atoms with Crippen molar-refractivity contribution in [2.24, 2.45) is 7.05 Å². The van der Waals surface area contributed by atoms with E-state index in [2.05, 4.69) is 26.9 Å². The maximum atomic E-state index is 10.3. The van der Waals surface area contributed by atoms with Crippen LogP contribution >= 0.6 is 11.6 Å². The Bertz CT molecular complexity index is 964. The van der Waals surface area contributed by atoms with Gasteiger partial charge in [-0.15, -0.1) is 0 Å². The molecule has 1 aliphatic heterocycles. The summed E-state index contributed by atoms with van der Waals surface area (Å²) < 4.78 is 7.75. The number of hydrogen-bond donors (Lipinski definition) is 1. The highest BCUT2D eigenvalue weighted by molar-refractivity contribution is 6.31. The highest BCUT2D eigenvalue weighted by Gasteiger charge is 2.23. The van der Waals surface area contributed by atoms with Crippen molar-refractivity contribution in [3.05, 3.63) is 28.9 Å². The molecule has 7 nitrogen and oxygen atoms in total. The van der Waals surface area contributed by atoms with Gasteiger partial charge in [0, 0.05) is 25.2 Å². The molecule has 0 unspecified atom stereocenters. The van der Waals surface area contributed by atoms with E-state index in [9.17, 15) is 5.11 Å². The third-order valence-corrected chi connectivity index (χ3v) is 4.92. The lowest BCUT2D eigenvalue weighted by Crippen LogP contribution is -2.21. The Morgan fingerprint density at radius 2 is 2.08 bits per heavy atom. The molecule has 1 aliphatic rings. The minimum Gasteiger partial charge on any atom is -0.507 e. The van der Waals surface area contributed by atoms with Crippen LogP contribution in [0.25, 0.3) is 22.7 Å². The summed E-state index contributed by atoms with van der Waals surface area (Å²) in [5.41, 5.74) is 2.57. The van der Waals surface area contributed by atoms with Crippen molar-refractivity contribution in [2.75, 3.05) is 20.1 Å². The molecule has 0 radical (unpaired) electrons. The molecule has 0 bridgehead atoms. The van der Waals surface area contributed by atoms with Crippen LogP contribution in [0.2, 0.25) is 5.02 Å². The number of hydrogen-bond acceptors (Lipinski definition) is 6. The van der Waals surface area contributed by atoms with Gasteiger partial charge in [-0.25, -0.2) is 9.97 Å². The van der Waals surface area contributed by atoms with Crippen LogP contribution in [0, 0.1) is 6.92 Å². The van der Waals surface area contributed by atoms with E-state index in [1.54, 1.807) is 12.3 Å². The van der Waals surface area contributed by atoms with Gasteiger partial charge in [-0.3, -0.25) is 0 Å². The van der Waals surface area contributed by atoms with E-state index in [1.165, 1.54) is 6.07 Å². The summed E-state index contributed by atoms with van der Waals surface area (Å²) in [6, 6.07) is 3.30. The minimum atomic E-state index is 0.0823. The number of aromatic nitrogens is 4. The minimum absolute atomic E-state index is 0.0823. The fraction of sp³-hybridized carbons (Fsp3) is 0.389. The molecule has 26 heavy (non-hydrogen) atoms. The van der Waals surface area contributed by atoms with Crippen LogP contribution in [-0.4, -0.2) is 55.8 Å². The summed E-state index contributed by atoms with van der Waals surface area (Å²) in [6.07, 6.45) is 2.72. The molecular weight excluding hydrogens is 354 g/mol. The Labute approximate surface area is 156 Å². The first-order valence-electron chi connectivity index (χ1n) is 8.46. The highest BCUT2D eigenvalue weighted by Crippen LogP contribution is 2.35. The maximum absolute atomic E-state index is 10.3. The van der Waals surface area contributed by atoms with Gasteiger partial charge in [0.05, 0.1) is 11.8 Å². The topological polar surface area (TPSA) is 76.3 Å². The lowest BCUT2D eigenvalue weighted by atomic mass is 10.1. The van der Waals surface area contributed by atoms with Crippen molar-refractivity contribution in [1.82, 2.24) is 24.4 Å². The molecule has 3 heterocycles. The number of imidazole rings is 1.